The molecule has 0 aromatic carbocycles. The largest absolute Gasteiger partial charge is 0.384 e. The Kier molecular flexibility index (Phi) is 6.70. The average Bonchev–Trinajstić information content (AvgIpc) is 3.33. The highest BCUT2D eigenvalue weighted by Gasteiger charge is 2.40. The lowest BCUT2D eigenvalue weighted by Crippen LogP contribution is -2.51. The molecule has 0 aliphatic carbocycles. The molecule has 1 saturated heterocycles. The van der Waals surface area contributed by atoms with Gasteiger partial charge in [-0.25, -0.2) is 4.98 Å². The lowest BCUT2D eigenvalue weighted by molar-refractivity contribution is -0.129. The number of anilines is 1. The first-order valence-corrected chi connectivity index (χ1v) is 10.6. The third-order valence-corrected chi connectivity index (χ3v) is 6.58. The van der Waals surface area contributed by atoms with Crippen LogP contribution < -0.4 is 16.8 Å². The zero-order chi connectivity index (χ0) is 21.8. The van der Waals surface area contributed by atoms with Crippen LogP contribution in [-0.4, -0.2) is 40.3 Å². The van der Waals surface area contributed by atoms with Gasteiger partial charge in [0.1, 0.15) is 16.8 Å². The second-order valence-corrected chi connectivity index (χ2v) is 8.84. The SMILES string of the molecule is Cc1nc(N)ccc1CNC(=O)[C@H](C)N1CC(Cc2ccc(C#N)s2)CC1C(N)=O. The zero-order valence-electron chi connectivity index (χ0n) is 17.1. The van der Waals surface area contributed by atoms with E-state index >= 15 is 0 Å². The molecule has 1 aliphatic rings. The molecule has 30 heavy (non-hydrogen) atoms. The van der Waals surface area contributed by atoms with Crippen molar-refractivity contribution in [1.82, 2.24) is 15.2 Å². The van der Waals surface area contributed by atoms with Crippen LogP contribution in [0.4, 0.5) is 5.82 Å². The molecule has 2 aromatic heterocycles. The predicted octanol–water partition coefficient (Wildman–Crippen LogP) is 1.33. The maximum absolute atomic E-state index is 12.8. The van der Waals surface area contributed by atoms with Crippen LogP contribution >= 0.6 is 11.3 Å². The fourth-order valence-electron chi connectivity index (χ4n) is 3.92. The fourth-order valence-corrected chi connectivity index (χ4v) is 4.83. The maximum Gasteiger partial charge on any atom is 0.237 e. The van der Waals surface area contributed by atoms with Crippen LogP contribution in [0.5, 0.6) is 0 Å². The van der Waals surface area contributed by atoms with Crippen molar-refractivity contribution in [2.45, 2.75) is 45.3 Å². The monoisotopic (exact) mass is 426 g/mol. The summed E-state index contributed by atoms with van der Waals surface area (Å²) in [4.78, 5) is 32.7. The topological polar surface area (TPSA) is 138 Å². The number of likely N-dealkylation sites (tertiary alicyclic amines) is 1. The smallest absolute Gasteiger partial charge is 0.237 e. The third-order valence-electron chi connectivity index (χ3n) is 5.56. The van der Waals surface area contributed by atoms with Crippen molar-refractivity contribution >= 4 is 29.0 Å². The molecule has 1 aliphatic heterocycles. The normalized spacial score (nSPS) is 19.9. The summed E-state index contributed by atoms with van der Waals surface area (Å²) >= 11 is 1.46. The Bertz CT molecular complexity index is 982. The summed E-state index contributed by atoms with van der Waals surface area (Å²) in [6.45, 7) is 4.58. The minimum absolute atomic E-state index is 0.166. The summed E-state index contributed by atoms with van der Waals surface area (Å²) in [7, 11) is 0. The van der Waals surface area contributed by atoms with Crippen LogP contribution in [0.2, 0.25) is 0 Å². The molecule has 1 fully saturated rings. The number of carbonyl (C=O) groups excluding carboxylic acids is 2. The number of aromatic nitrogens is 1. The molecule has 0 spiro atoms. The number of carbonyl (C=O) groups is 2. The molecule has 5 N–H and O–H groups in total. The minimum atomic E-state index is -0.493. The Labute approximate surface area is 179 Å². The van der Waals surface area contributed by atoms with Crippen molar-refractivity contribution in [3.05, 3.63) is 45.3 Å². The summed E-state index contributed by atoms with van der Waals surface area (Å²) in [5.74, 6) is 0.0584. The van der Waals surface area contributed by atoms with Crippen LogP contribution in [-0.2, 0) is 22.6 Å². The van der Waals surface area contributed by atoms with E-state index in [0.29, 0.717) is 30.2 Å². The number of aryl methyl sites for hydroxylation is 1. The van der Waals surface area contributed by atoms with Crippen molar-refractivity contribution in [2.24, 2.45) is 11.7 Å². The molecule has 0 radical (unpaired) electrons. The lowest BCUT2D eigenvalue weighted by Gasteiger charge is -2.28. The Hall–Kier alpha value is -2.96. The van der Waals surface area contributed by atoms with E-state index in [-0.39, 0.29) is 11.8 Å². The Balaban J connectivity index is 1.63. The molecule has 8 nitrogen and oxygen atoms in total. The van der Waals surface area contributed by atoms with Crippen LogP contribution in [0.1, 0.15) is 34.4 Å². The molecular weight excluding hydrogens is 400 g/mol. The van der Waals surface area contributed by atoms with Crippen LogP contribution in [0.25, 0.3) is 0 Å². The van der Waals surface area contributed by atoms with Crippen molar-refractivity contribution < 1.29 is 9.59 Å². The number of thiophene rings is 1. The number of primary amides is 1. The van der Waals surface area contributed by atoms with Crippen molar-refractivity contribution in [1.29, 1.82) is 5.26 Å². The first-order chi connectivity index (χ1) is 14.3. The molecular formula is C21H26N6O2S. The second-order valence-electron chi connectivity index (χ2n) is 7.67. The van der Waals surface area contributed by atoms with Crippen LogP contribution in [0.3, 0.4) is 0 Å². The van der Waals surface area contributed by atoms with Crippen molar-refractivity contribution in [3.8, 4) is 6.07 Å². The number of nitrogens with one attached hydrogen (secondary N) is 1. The molecule has 3 atom stereocenters. The minimum Gasteiger partial charge on any atom is -0.384 e. The highest BCUT2D eigenvalue weighted by atomic mass is 32.1. The van der Waals surface area contributed by atoms with Crippen molar-refractivity contribution in [2.75, 3.05) is 12.3 Å². The number of nitrogens with two attached hydrogens (primary N) is 2. The molecule has 9 heteroatoms. The van der Waals surface area contributed by atoms with E-state index < -0.39 is 18.0 Å². The number of nitrogen functional groups attached to an aromatic ring is 1. The second kappa shape index (κ2) is 9.24. The molecule has 158 valence electrons. The van der Waals surface area contributed by atoms with E-state index in [2.05, 4.69) is 16.4 Å². The number of rotatable bonds is 7. The first kappa shape index (κ1) is 21.7. The number of amides is 2. The summed E-state index contributed by atoms with van der Waals surface area (Å²) in [6, 6.07) is 8.48. The predicted molar refractivity (Wildman–Crippen MR) is 115 cm³/mol. The van der Waals surface area contributed by atoms with Gasteiger partial charge in [0.25, 0.3) is 0 Å². The zero-order valence-corrected chi connectivity index (χ0v) is 17.9. The molecule has 2 aromatic rings. The number of hydrogen-bond acceptors (Lipinski definition) is 7. The number of pyridine rings is 1. The van der Waals surface area contributed by atoms with Crippen LogP contribution in [0.15, 0.2) is 24.3 Å². The van der Waals surface area contributed by atoms with E-state index in [4.69, 9.17) is 16.7 Å². The Morgan fingerprint density at radius 3 is 2.80 bits per heavy atom. The molecule has 0 bridgehead atoms. The summed E-state index contributed by atoms with van der Waals surface area (Å²) in [6.07, 6.45) is 1.37. The lowest BCUT2D eigenvalue weighted by atomic mass is 10.0. The third kappa shape index (κ3) is 4.96. The quantitative estimate of drug-likeness (QED) is 0.610. The summed E-state index contributed by atoms with van der Waals surface area (Å²) < 4.78 is 0. The highest BCUT2D eigenvalue weighted by molar-refractivity contribution is 7.12. The van der Waals surface area contributed by atoms with E-state index in [1.807, 2.05) is 30.0 Å². The van der Waals surface area contributed by atoms with E-state index in [0.717, 1.165) is 22.6 Å². The van der Waals surface area contributed by atoms with Crippen LogP contribution in [0, 0.1) is 24.2 Å². The van der Waals surface area contributed by atoms with Gasteiger partial charge in [-0.3, -0.25) is 14.5 Å². The first-order valence-electron chi connectivity index (χ1n) is 9.82. The van der Waals surface area contributed by atoms with Gasteiger partial charge in [0.2, 0.25) is 11.8 Å². The Morgan fingerprint density at radius 2 is 2.17 bits per heavy atom. The molecule has 3 rings (SSSR count). The van der Waals surface area contributed by atoms with Crippen molar-refractivity contribution in [3.63, 3.8) is 0 Å². The summed E-state index contributed by atoms with van der Waals surface area (Å²) in [5.41, 5.74) is 13.0. The van der Waals surface area contributed by atoms with Gasteiger partial charge in [0.15, 0.2) is 0 Å². The van der Waals surface area contributed by atoms with Gasteiger partial charge in [-0.2, -0.15) is 5.26 Å². The number of hydrogen-bond donors (Lipinski definition) is 3. The molecule has 2 amide bonds. The van der Waals surface area contributed by atoms with E-state index in [9.17, 15) is 9.59 Å². The van der Waals surface area contributed by atoms with Gasteiger partial charge >= 0.3 is 0 Å². The number of nitrogens with zero attached hydrogens (tertiary/aromatic N) is 3. The van der Waals surface area contributed by atoms with E-state index in [1.54, 1.807) is 13.0 Å². The maximum atomic E-state index is 12.8. The van der Waals surface area contributed by atoms with E-state index in [1.165, 1.54) is 11.3 Å². The average molecular weight is 427 g/mol. The Morgan fingerprint density at radius 1 is 1.40 bits per heavy atom. The van der Waals surface area contributed by atoms with Gasteiger partial charge in [0, 0.05) is 23.7 Å². The standard InChI is InChI=1S/C21H26N6O2S/c1-12-15(3-6-19(23)26-12)10-25-21(29)13(2)27-11-14(8-18(27)20(24)28)7-16-4-5-17(9-22)30-16/h3-6,13-14,18H,7-8,10-11H2,1-2H3,(H2,23,26)(H2,24,28)(H,25,29)/t13-,14?,18?/m0/s1. The molecule has 3 heterocycles. The number of nitriles is 1. The van der Waals surface area contributed by atoms with Gasteiger partial charge in [0.05, 0.1) is 12.1 Å². The fraction of sp³-hybridized carbons (Fsp3) is 0.429. The van der Waals surface area contributed by atoms with Gasteiger partial charge in [-0.15, -0.1) is 11.3 Å². The molecule has 0 saturated carbocycles. The summed E-state index contributed by atoms with van der Waals surface area (Å²) in [5, 5.41) is 11.9. The highest BCUT2D eigenvalue weighted by Crippen LogP contribution is 2.30. The van der Waals surface area contributed by atoms with Gasteiger partial charge in [-0.05, 0) is 56.4 Å². The van der Waals surface area contributed by atoms with Gasteiger partial charge in [-0.1, -0.05) is 6.07 Å². The van der Waals surface area contributed by atoms with Gasteiger partial charge < -0.3 is 16.8 Å². The molecule has 2 unspecified atom stereocenters.